The maximum Gasteiger partial charge on any atom is 0.238 e. The van der Waals surface area contributed by atoms with Crippen LogP contribution in [0, 0.1) is 5.82 Å². The van der Waals surface area contributed by atoms with Crippen LogP contribution in [0.15, 0.2) is 66.3 Å². The molecule has 1 aromatic heterocycles. The fourth-order valence-corrected chi connectivity index (χ4v) is 4.10. The number of ether oxygens (including phenoxy) is 2. The van der Waals surface area contributed by atoms with Gasteiger partial charge in [-0.3, -0.25) is 9.36 Å². The zero-order valence-electron chi connectivity index (χ0n) is 18.8. The smallest absolute Gasteiger partial charge is 0.238 e. The van der Waals surface area contributed by atoms with E-state index in [2.05, 4.69) is 22.1 Å². The Morgan fingerprint density at radius 2 is 1.91 bits per heavy atom. The van der Waals surface area contributed by atoms with E-state index < -0.39 is 17.2 Å². The molecule has 1 amide bonds. The summed E-state index contributed by atoms with van der Waals surface area (Å²) in [6.07, 6.45) is 1.86. The van der Waals surface area contributed by atoms with Crippen molar-refractivity contribution in [2.45, 2.75) is 43.3 Å². The number of hydrogen-bond donors (Lipinski definition) is 1. The summed E-state index contributed by atoms with van der Waals surface area (Å²) < 4.78 is 27.0. The van der Waals surface area contributed by atoms with E-state index in [0.717, 1.165) is 5.75 Å². The molecular formula is C24H27FN4O3S. The topological polar surface area (TPSA) is 78.3 Å². The first kappa shape index (κ1) is 24.3. The van der Waals surface area contributed by atoms with Crippen LogP contribution in [0.3, 0.4) is 0 Å². The maximum absolute atomic E-state index is 13.9. The highest BCUT2D eigenvalue weighted by Gasteiger charge is 2.25. The van der Waals surface area contributed by atoms with Crippen LogP contribution >= 0.6 is 11.8 Å². The summed E-state index contributed by atoms with van der Waals surface area (Å²) in [6, 6.07) is 13.4. The SMILES string of the molecule is C=CCn1c(SC(CC)C(=O)Nc2ccccc2F)nnc1C(C)Oc1ccc(OC)cc1. The Kier molecular flexibility index (Phi) is 8.48. The number of nitrogens with one attached hydrogen (secondary N) is 1. The van der Waals surface area contributed by atoms with E-state index in [1.807, 2.05) is 42.7 Å². The number of rotatable bonds is 11. The first-order valence-electron chi connectivity index (χ1n) is 10.5. The van der Waals surface area contributed by atoms with E-state index in [4.69, 9.17) is 9.47 Å². The number of carbonyl (C=O) groups is 1. The van der Waals surface area contributed by atoms with Crippen LogP contribution < -0.4 is 14.8 Å². The zero-order chi connectivity index (χ0) is 23.8. The zero-order valence-corrected chi connectivity index (χ0v) is 19.6. The number of nitrogens with zero attached hydrogens (tertiary/aromatic N) is 3. The molecule has 174 valence electrons. The fourth-order valence-electron chi connectivity index (χ4n) is 3.13. The van der Waals surface area contributed by atoms with Crippen LogP contribution in [0.4, 0.5) is 10.1 Å². The van der Waals surface area contributed by atoms with E-state index in [-0.39, 0.29) is 11.6 Å². The van der Waals surface area contributed by atoms with Crippen LogP contribution in [0.5, 0.6) is 11.5 Å². The number of allylic oxidation sites excluding steroid dienone is 1. The predicted octanol–water partition coefficient (Wildman–Crippen LogP) is 5.26. The number of benzene rings is 2. The number of anilines is 1. The second kappa shape index (κ2) is 11.5. The molecule has 3 aromatic rings. The molecule has 0 aliphatic rings. The van der Waals surface area contributed by atoms with Crippen molar-refractivity contribution in [3.05, 3.63) is 72.8 Å². The molecule has 0 spiro atoms. The summed E-state index contributed by atoms with van der Waals surface area (Å²) in [5, 5.41) is 11.3. The molecule has 0 radical (unpaired) electrons. The second-order valence-electron chi connectivity index (χ2n) is 7.16. The van der Waals surface area contributed by atoms with Crippen molar-refractivity contribution in [2.24, 2.45) is 0 Å². The number of para-hydroxylation sites is 1. The highest BCUT2D eigenvalue weighted by atomic mass is 32.2. The number of hydrogen-bond acceptors (Lipinski definition) is 6. The first-order valence-corrected chi connectivity index (χ1v) is 11.4. The Morgan fingerprint density at radius 3 is 2.55 bits per heavy atom. The van der Waals surface area contributed by atoms with Crippen LogP contribution in [-0.4, -0.2) is 33.0 Å². The standard InChI is InChI=1S/C24H27FN4O3S/c1-5-15-29-22(16(3)32-18-13-11-17(31-4)12-14-18)27-28-24(29)33-21(6-2)23(30)26-20-10-8-7-9-19(20)25/h5,7-14,16,21H,1,6,15H2,2-4H3,(H,26,30). The molecule has 0 bridgehead atoms. The first-order chi connectivity index (χ1) is 16.0. The summed E-state index contributed by atoms with van der Waals surface area (Å²) >= 11 is 1.27. The minimum Gasteiger partial charge on any atom is -0.497 e. The Bertz CT molecular complexity index is 1090. The van der Waals surface area contributed by atoms with E-state index in [9.17, 15) is 9.18 Å². The Labute approximate surface area is 197 Å². The number of amides is 1. The van der Waals surface area contributed by atoms with Gasteiger partial charge in [0.25, 0.3) is 0 Å². The molecular weight excluding hydrogens is 443 g/mol. The third-order valence-corrected chi connectivity index (χ3v) is 6.18. The van der Waals surface area contributed by atoms with Crippen molar-refractivity contribution in [1.29, 1.82) is 0 Å². The van der Waals surface area contributed by atoms with Gasteiger partial charge < -0.3 is 14.8 Å². The summed E-state index contributed by atoms with van der Waals surface area (Å²) in [5.74, 6) is 1.24. The third kappa shape index (κ3) is 6.13. The number of carbonyl (C=O) groups excluding carboxylic acids is 1. The Hall–Kier alpha value is -3.33. The quantitative estimate of drug-likeness (QED) is 0.304. The molecule has 1 N–H and O–H groups in total. The number of halogens is 1. The summed E-state index contributed by atoms with van der Waals surface area (Å²) in [6.45, 7) is 8.04. The molecule has 0 saturated carbocycles. The molecule has 0 aliphatic heterocycles. The Balaban J connectivity index is 1.76. The molecule has 2 aromatic carbocycles. The van der Waals surface area contributed by atoms with Crippen LogP contribution in [-0.2, 0) is 11.3 Å². The van der Waals surface area contributed by atoms with Crippen molar-refractivity contribution in [2.75, 3.05) is 12.4 Å². The van der Waals surface area contributed by atoms with E-state index >= 15 is 0 Å². The summed E-state index contributed by atoms with van der Waals surface area (Å²) in [4.78, 5) is 12.8. The van der Waals surface area contributed by atoms with Gasteiger partial charge in [0.05, 0.1) is 18.0 Å². The average Bonchev–Trinajstić information content (AvgIpc) is 3.22. The highest BCUT2D eigenvalue weighted by molar-refractivity contribution is 8.00. The van der Waals surface area contributed by atoms with Gasteiger partial charge in [-0.2, -0.15) is 0 Å². The van der Waals surface area contributed by atoms with Gasteiger partial charge in [0, 0.05) is 6.54 Å². The van der Waals surface area contributed by atoms with Gasteiger partial charge in [-0.05, 0) is 49.7 Å². The van der Waals surface area contributed by atoms with Gasteiger partial charge in [-0.1, -0.05) is 36.9 Å². The van der Waals surface area contributed by atoms with Gasteiger partial charge in [0.2, 0.25) is 5.91 Å². The minimum absolute atomic E-state index is 0.149. The molecule has 2 atom stereocenters. The maximum atomic E-state index is 13.9. The molecule has 3 rings (SSSR count). The number of thioether (sulfide) groups is 1. The molecule has 0 fully saturated rings. The highest BCUT2D eigenvalue weighted by Crippen LogP contribution is 2.29. The number of methoxy groups -OCH3 is 1. The van der Waals surface area contributed by atoms with Gasteiger partial charge in [0.15, 0.2) is 17.1 Å². The lowest BCUT2D eigenvalue weighted by Crippen LogP contribution is -2.25. The fraction of sp³-hybridized carbons (Fsp3) is 0.292. The molecule has 33 heavy (non-hydrogen) atoms. The van der Waals surface area contributed by atoms with Crippen LogP contribution in [0.25, 0.3) is 0 Å². The third-order valence-electron chi connectivity index (χ3n) is 4.84. The van der Waals surface area contributed by atoms with E-state index in [1.165, 1.54) is 23.9 Å². The lowest BCUT2D eigenvalue weighted by atomic mass is 10.2. The summed E-state index contributed by atoms with van der Waals surface area (Å²) in [7, 11) is 1.61. The van der Waals surface area contributed by atoms with Crippen molar-refractivity contribution in [1.82, 2.24) is 14.8 Å². The molecule has 7 nitrogen and oxygen atoms in total. The Morgan fingerprint density at radius 1 is 1.21 bits per heavy atom. The normalized spacial score (nSPS) is 12.6. The largest absolute Gasteiger partial charge is 0.497 e. The van der Waals surface area contributed by atoms with Crippen molar-refractivity contribution in [3.63, 3.8) is 0 Å². The van der Waals surface area contributed by atoms with Crippen molar-refractivity contribution < 1.29 is 18.7 Å². The lowest BCUT2D eigenvalue weighted by molar-refractivity contribution is -0.115. The van der Waals surface area contributed by atoms with Crippen molar-refractivity contribution in [3.8, 4) is 11.5 Å². The summed E-state index contributed by atoms with van der Waals surface area (Å²) in [5.41, 5.74) is 0.149. The van der Waals surface area contributed by atoms with Crippen LogP contribution in [0.1, 0.15) is 32.2 Å². The number of aromatic nitrogens is 3. The molecule has 9 heteroatoms. The van der Waals surface area contributed by atoms with E-state index in [1.54, 1.807) is 25.3 Å². The molecule has 0 saturated heterocycles. The molecule has 2 unspecified atom stereocenters. The predicted molar refractivity (Wildman–Crippen MR) is 127 cm³/mol. The molecule has 1 heterocycles. The van der Waals surface area contributed by atoms with Crippen LogP contribution in [0.2, 0.25) is 0 Å². The lowest BCUT2D eigenvalue weighted by Gasteiger charge is -2.18. The average molecular weight is 471 g/mol. The minimum atomic E-state index is -0.483. The van der Waals surface area contributed by atoms with Gasteiger partial charge in [-0.25, -0.2) is 4.39 Å². The van der Waals surface area contributed by atoms with Gasteiger partial charge in [-0.15, -0.1) is 16.8 Å². The van der Waals surface area contributed by atoms with Gasteiger partial charge >= 0.3 is 0 Å². The van der Waals surface area contributed by atoms with Gasteiger partial charge in [0.1, 0.15) is 17.3 Å². The van der Waals surface area contributed by atoms with E-state index in [0.29, 0.717) is 29.7 Å². The molecule has 0 aliphatic carbocycles. The van der Waals surface area contributed by atoms with Crippen molar-refractivity contribution >= 4 is 23.4 Å². The second-order valence-corrected chi connectivity index (χ2v) is 8.33. The monoisotopic (exact) mass is 470 g/mol.